The third kappa shape index (κ3) is 4.09. The van der Waals surface area contributed by atoms with Crippen molar-refractivity contribution < 1.29 is 0 Å². The number of hydrogen-bond acceptors (Lipinski definition) is 1. The van der Waals surface area contributed by atoms with Crippen LogP contribution < -0.4 is 21.4 Å². The predicted molar refractivity (Wildman–Crippen MR) is 210 cm³/mol. The summed E-state index contributed by atoms with van der Waals surface area (Å²) in [7, 11) is 0. The highest BCUT2D eigenvalue weighted by Crippen LogP contribution is 2.46. The lowest BCUT2D eigenvalue weighted by Gasteiger charge is -2.41. The molecule has 8 aromatic rings. The minimum absolute atomic E-state index is 0.0270. The molecule has 0 saturated carbocycles. The topological polar surface area (TPSA) is 8.17 Å². The van der Waals surface area contributed by atoms with Crippen LogP contribution in [0.25, 0.3) is 49.6 Å². The zero-order valence-electron chi connectivity index (χ0n) is 28.0. The van der Waals surface area contributed by atoms with Gasteiger partial charge in [-0.05, 0) is 85.8 Å². The van der Waals surface area contributed by atoms with Crippen molar-refractivity contribution in [3.05, 3.63) is 163 Å². The molecule has 2 nitrogen and oxygen atoms in total. The van der Waals surface area contributed by atoms with Gasteiger partial charge in [0.15, 0.2) is 0 Å². The van der Waals surface area contributed by atoms with Crippen molar-refractivity contribution >= 4 is 61.8 Å². The summed E-state index contributed by atoms with van der Waals surface area (Å²) < 4.78 is 2.60. The third-order valence-electron chi connectivity index (χ3n) is 10.7. The van der Waals surface area contributed by atoms with Gasteiger partial charge in [0, 0.05) is 39.1 Å². The molecule has 0 spiro atoms. The molecule has 0 bridgehead atoms. The number of aromatic nitrogens is 1. The first-order valence-electron chi connectivity index (χ1n) is 17.3. The summed E-state index contributed by atoms with van der Waals surface area (Å²) in [5.74, 6) is 0. The Morgan fingerprint density at radius 3 is 2.04 bits per heavy atom. The summed E-state index contributed by atoms with van der Waals surface area (Å²) in [5.41, 5.74) is 15.4. The largest absolute Gasteiger partial charge is 0.320 e. The number of anilines is 3. The van der Waals surface area contributed by atoms with Crippen molar-refractivity contribution in [2.45, 2.75) is 26.2 Å². The van der Waals surface area contributed by atoms with E-state index in [-0.39, 0.29) is 12.1 Å². The van der Waals surface area contributed by atoms with E-state index < -0.39 is 0 Å². The van der Waals surface area contributed by atoms with Crippen LogP contribution in [0.15, 0.2) is 158 Å². The van der Waals surface area contributed by atoms with Crippen LogP contribution in [0.4, 0.5) is 17.1 Å². The summed E-state index contributed by atoms with van der Waals surface area (Å²) in [6.45, 7) is 7.04. The van der Waals surface area contributed by atoms with Gasteiger partial charge in [0.05, 0.1) is 5.69 Å². The highest BCUT2D eigenvalue weighted by molar-refractivity contribution is 7.00. The van der Waals surface area contributed by atoms with Crippen LogP contribution >= 0.6 is 0 Å². The third-order valence-corrected chi connectivity index (χ3v) is 10.7. The van der Waals surface area contributed by atoms with E-state index in [1.54, 1.807) is 0 Å². The lowest BCUT2D eigenvalue weighted by molar-refractivity contribution is 0.590. The molecule has 2 aliphatic rings. The van der Waals surface area contributed by atoms with Gasteiger partial charge in [-0.1, -0.05) is 142 Å². The first-order valence-corrected chi connectivity index (χ1v) is 17.3. The second-order valence-corrected chi connectivity index (χ2v) is 14.6. The Labute approximate surface area is 288 Å². The minimum Gasteiger partial charge on any atom is -0.320 e. The monoisotopic (exact) mass is 626 g/mol. The van der Waals surface area contributed by atoms with Gasteiger partial charge in [-0.25, -0.2) is 0 Å². The molecule has 0 atom stereocenters. The van der Waals surface area contributed by atoms with Crippen molar-refractivity contribution in [1.29, 1.82) is 0 Å². The average molecular weight is 627 g/mol. The molecular formula is C46H35BN2. The molecule has 0 aliphatic carbocycles. The Hall–Kier alpha value is -5.80. The Bertz CT molecular complexity index is 2590. The van der Waals surface area contributed by atoms with Gasteiger partial charge in [0.25, 0.3) is 6.71 Å². The van der Waals surface area contributed by atoms with Crippen LogP contribution in [-0.4, -0.2) is 11.3 Å². The molecule has 3 heteroatoms. The molecule has 0 N–H and O–H groups in total. The van der Waals surface area contributed by atoms with Crippen molar-refractivity contribution in [3.63, 3.8) is 0 Å². The predicted octanol–water partition coefficient (Wildman–Crippen LogP) is 10.0. The highest BCUT2D eigenvalue weighted by atomic mass is 15.2. The fourth-order valence-electron chi connectivity index (χ4n) is 8.48. The molecule has 232 valence electrons. The zero-order chi connectivity index (χ0) is 32.9. The lowest BCUT2D eigenvalue weighted by Crippen LogP contribution is -2.61. The van der Waals surface area contributed by atoms with Crippen LogP contribution in [0, 0.1) is 0 Å². The van der Waals surface area contributed by atoms with Crippen molar-refractivity contribution in [2.24, 2.45) is 0 Å². The normalized spacial score (nSPS) is 13.1. The van der Waals surface area contributed by atoms with Gasteiger partial charge < -0.3 is 9.47 Å². The Morgan fingerprint density at radius 1 is 0.531 bits per heavy atom. The van der Waals surface area contributed by atoms with E-state index in [1.165, 1.54) is 88.8 Å². The van der Waals surface area contributed by atoms with Crippen LogP contribution in [0.5, 0.6) is 0 Å². The Balaban J connectivity index is 1.40. The number of nitrogens with zero attached hydrogens (tertiary/aromatic N) is 2. The second kappa shape index (κ2) is 10.4. The number of hydrogen-bond donors (Lipinski definition) is 0. The molecule has 0 unspecified atom stereocenters. The van der Waals surface area contributed by atoms with E-state index >= 15 is 0 Å². The molecule has 0 amide bonds. The Morgan fingerprint density at radius 2 is 1.24 bits per heavy atom. The molecule has 1 aromatic heterocycles. The molecule has 7 aromatic carbocycles. The van der Waals surface area contributed by atoms with Crippen LogP contribution in [0.1, 0.15) is 26.3 Å². The molecule has 0 saturated heterocycles. The first kappa shape index (κ1) is 28.2. The number of para-hydroxylation sites is 2. The summed E-state index contributed by atoms with van der Waals surface area (Å²) in [6, 6.07) is 58.6. The molecular weight excluding hydrogens is 591 g/mol. The number of fused-ring (bicyclic) bond motifs is 5. The molecule has 49 heavy (non-hydrogen) atoms. The van der Waals surface area contributed by atoms with Gasteiger partial charge in [-0.15, -0.1) is 0 Å². The maximum atomic E-state index is 2.60. The fourth-order valence-corrected chi connectivity index (χ4v) is 8.48. The van der Waals surface area contributed by atoms with E-state index in [4.69, 9.17) is 0 Å². The summed E-state index contributed by atoms with van der Waals surface area (Å²) in [6.07, 6.45) is 0. The van der Waals surface area contributed by atoms with Gasteiger partial charge in [0.1, 0.15) is 0 Å². The van der Waals surface area contributed by atoms with Crippen LogP contribution in [-0.2, 0) is 5.41 Å². The SMILES string of the molecule is CC(C)(C)c1cc2c3c(c1)N(c1ccccc1)c1ccccc1B3c1c3c-2cccc3c(-c2ccccc2)n1-c1ccc2ccccc2c1. The molecule has 0 fully saturated rings. The van der Waals surface area contributed by atoms with Crippen LogP contribution in [0.3, 0.4) is 0 Å². The van der Waals surface area contributed by atoms with Crippen molar-refractivity contribution in [2.75, 3.05) is 4.90 Å². The van der Waals surface area contributed by atoms with Gasteiger partial charge in [-0.2, -0.15) is 0 Å². The molecule has 2 aliphatic heterocycles. The number of rotatable bonds is 3. The van der Waals surface area contributed by atoms with E-state index in [0.717, 1.165) is 0 Å². The number of benzene rings is 7. The smallest absolute Gasteiger partial charge is 0.269 e. The maximum Gasteiger partial charge on any atom is 0.269 e. The molecule has 0 radical (unpaired) electrons. The van der Waals surface area contributed by atoms with Crippen LogP contribution in [0.2, 0.25) is 0 Å². The standard InChI is InChI=1S/C46H35BN2/c1-46(2,3)33-28-38-36-21-14-22-37-42(36)45(47-39-23-12-13-24-40(39)48(41(29-33)43(38)47)34-19-8-5-9-20-34)49(44(37)31-16-6-4-7-17-31)35-26-25-30-15-10-11-18-32(30)27-35/h4-29H,1-3H3. The van der Waals surface area contributed by atoms with Crippen molar-refractivity contribution in [1.82, 2.24) is 4.57 Å². The van der Waals surface area contributed by atoms with E-state index in [1.807, 2.05) is 0 Å². The fraction of sp³-hybridized carbons (Fsp3) is 0.0870. The second-order valence-electron chi connectivity index (χ2n) is 14.6. The zero-order valence-corrected chi connectivity index (χ0v) is 28.0. The van der Waals surface area contributed by atoms with E-state index in [2.05, 4.69) is 188 Å². The summed E-state index contributed by atoms with van der Waals surface area (Å²) in [4.78, 5) is 2.51. The Kier molecular flexibility index (Phi) is 5.96. The molecule has 3 heterocycles. The van der Waals surface area contributed by atoms with Gasteiger partial charge in [-0.3, -0.25) is 0 Å². The first-order chi connectivity index (χ1) is 24.0. The molecule has 10 rings (SSSR count). The van der Waals surface area contributed by atoms with Crippen molar-refractivity contribution in [3.8, 4) is 28.1 Å². The maximum absolute atomic E-state index is 2.60. The van der Waals surface area contributed by atoms with E-state index in [9.17, 15) is 0 Å². The average Bonchev–Trinajstić information content (AvgIpc) is 3.49. The lowest BCUT2D eigenvalue weighted by atomic mass is 9.33. The highest BCUT2D eigenvalue weighted by Gasteiger charge is 2.44. The quantitative estimate of drug-likeness (QED) is 0.177. The van der Waals surface area contributed by atoms with Gasteiger partial charge in [0.2, 0.25) is 0 Å². The van der Waals surface area contributed by atoms with E-state index in [0.29, 0.717) is 0 Å². The summed E-state index contributed by atoms with van der Waals surface area (Å²) in [5, 5.41) is 5.15. The minimum atomic E-state index is -0.0270. The summed E-state index contributed by atoms with van der Waals surface area (Å²) >= 11 is 0. The van der Waals surface area contributed by atoms with Gasteiger partial charge >= 0.3 is 0 Å².